The van der Waals surface area contributed by atoms with Crippen molar-refractivity contribution in [3.8, 4) is 11.6 Å². The van der Waals surface area contributed by atoms with Gasteiger partial charge in [0.05, 0.1) is 5.41 Å². The van der Waals surface area contributed by atoms with Crippen molar-refractivity contribution in [2.45, 2.75) is 39.6 Å². The van der Waals surface area contributed by atoms with Crippen LogP contribution in [0.2, 0.25) is 0 Å². The molecule has 2 rings (SSSR count). The molecule has 6 nitrogen and oxygen atoms in total. The smallest absolute Gasteiger partial charge is 0.474 e. The number of hydrogen-bond acceptors (Lipinski definition) is 5. The second kappa shape index (κ2) is 9.45. The van der Waals surface area contributed by atoms with E-state index in [1.165, 1.54) is 12.3 Å². The van der Waals surface area contributed by atoms with Gasteiger partial charge in [-0.25, -0.2) is 4.98 Å². The first-order valence-electron chi connectivity index (χ1n) is 8.44. The molecule has 2 N–H and O–H groups in total. The Kier molecular flexibility index (Phi) is 8.16. The van der Waals surface area contributed by atoms with Gasteiger partial charge in [0.25, 0.3) is 5.88 Å². The van der Waals surface area contributed by atoms with E-state index in [1.807, 2.05) is 0 Å². The lowest BCUT2D eigenvalue weighted by Gasteiger charge is -2.33. The number of carbonyl (C=O) groups is 1. The Balaban J connectivity index is 0.00000364. The topological polar surface area (TPSA) is 72.5 Å². The number of halogens is 4. The number of rotatable bonds is 6. The summed E-state index contributed by atoms with van der Waals surface area (Å²) in [6, 6.07) is 2.48. The Morgan fingerprint density at radius 3 is 2.74 bits per heavy atom. The zero-order chi connectivity index (χ0) is 19.4. The van der Waals surface area contributed by atoms with Gasteiger partial charge in [-0.2, -0.15) is 0 Å². The Labute approximate surface area is 162 Å². The number of carbonyl (C=O) groups excluding carboxylic acids is 1. The molecule has 27 heavy (non-hydrogen) atoms. The minimum atomic E-state index is -4.85. The number of nitrogens with zero attached hydrogens (tertiary/aromatic N) is 1. The van der Waals surface area contributed by atoms with Crippen LogP contribution in [0.15, 0.2) is 18.3 Å². The van der Waals surface area contributed by atoms with Crippen LogP contribution in [0, 0.1) is 11.3 Å². The van der Waals surface area contributed by atoms with Crippen LogP contribution < -0.4 is 20.1 Å². The summed E-state index contributed by atoms with van der Waals surface area (Å²) in [5.74, 6) is -0.762. The van der Waals surface area contributed by atoms with E-state index in [2.05, 4.69) is 27.3 Å². The van der Waals surface area contributed by atoms with Gasteiger partial charge in [0.1, 0.15) is 6.61 Å². The fraction of sp³-hybridized carbons (Fsp3) is 0.647. The minimum absolute atomic E-state index is 0. The first-order chi connectivity index (χ1) is 12.1. The third kappa shape index (κ3) is 7.06. The van der Waals surface area contributed by atoms with Gasteiger partial charge in [-0.1, -0.05) is 6.92 Å². The summed E-state index contributed by atoms with van der Waals surface area (Å²) in [4.78, 5) is 16.3. The maximum absolute atomic E-state index is 12.6. The molecule has 1 aromatic heterocycles. The second-order valence-corrected chi connectivity index (χ2v) is 7.08. The fourth-order valence-corrected chi connectivity index (χ4v) is 2.59. The van der Waals surface area contributed by atoms with Crippen molar-refractivity contribution in [3.05, 3.63) is 18.3 Å². The molecule has 1 aliphatic rings. The number of amides is 1. The number of ether oxygens (including phenoxy) is 2. The van der Waals surface area contributed by atoms with Crippen molar-refractivity contribution in [3.63, 3.8) is 0 Å². The van der Waals surface area contributed by atoms with Crippen LogP contribution in [-0.4, -0.2) is 43.0 Å². The number of nitrogens with one attached hydrogen (secondary N) is 2. The van der Waals surface area contributed by atoms with Gasteiger partial charge in [-0.15, -0.1) is 25.6 Å². The monoisotopic (exact) mass is 411 g/mol. The van der Waals surface area contributed by atoms with E-state index in [0.29, 0.717) is 5.92 Å². The Morgan fingerprint density at radius 2 is 2.11 bits per heavy atom. The van der Waals surface area contributed by atoms with Gasteiger partial charge in [0, 0.05) is 12.2 Å². The molecule has 1 aromatic rings. The number of alkyl halides is 3. The molecule has 0 bridgehead atoms. The van der Waals surface area contributed by atoms with Crippen LogP contribution in [0.5, 0.6) is 11.6 Å². The summed E-state index contributed by atoms with van der Waals surface area (Å²) >= 11 is 0. The summed E-state index contributed by atoms with van der Waals surface area (Å²) in [5.41, 5.74) is -0.947. The first-order valence-corrected chi connectivity index (χ1v) is 8.44. The second-order valence-electron chi connectivity index (χ2n) is 7.08. The molecule has 0 radical (unpaired) electrons. The Bertz CT molecular complexity index is 629. The molecule has 0 spiro atoms. The molecule has 0 aliphatic carbocycles. The van der Waals surface area contributed by atoms with Crippen LogP contribution in [0.3, 0.4) is 0 Å². The summed E-state index contributed by atoms with van der Waals surface area (Å²) in [6.45, 7) is 6.91. The molecule has 0 aromatic carbocycles. The molecule has 1 saturated heterocycles. The van der Waals surface area contributed by atoms with Crippen molar-refractivity contribution in [1.29, 1.82) is 0 Å². The average molecular weight is 412 g/mol. The highest BCUT2D eigenvalue weighted by Gasteiger charge is 2.35. The standard InChI is InChI=1S/C17H24F3N3O3.ClH/c1-11-9-21-8-6-12(11)23-15(24)16(2,3)10-25-14-13(5-4-7-22-14)26-17(18,19)20;/h4-5,7,11-12,21H,6,8-10H2,1-3H3,(H,23,24);1H/t11-,12-;/m1./s1. The van der Waals surface area contributed by atoms with Gasteiger partial charge in [0.15, 0.2) is 5.75 Å². The molecule has 0 unspecified atom stereocenters. The van der Waals surface area contributed by atoms with Crippen LogP contribution >= 0.6 is 12.4 Å². The zero-order valence-electron chi connectivity index (χ0n) is 15.4. The third-order valence-electron chi connectivity index (χ3n) is 4.25. The van der Waals surface area contributed by atoms with E-state index in [0.717, 1.165) is 25.6 Å². The van der Waals surface area contributed by atoms with Crippen molar-refractivity contribution in [1.82, 2.24) is 15.6 Å². The van der Waals surface area contributed by atoms with Gasteiger partial charge >= 0.3 is 6.36 Å². The van der Waals surface area contributed by atoms with Gasteiger partial charge in [-0.05, 0) is 51.4 Å². The van der Waals surface area contributed by atoms with E-state index in [4.69, 9.17) is 4.74 Å². The molecular weight excluding hydrogens is 387 g/mol. The number of aromatic nitrogens is 1. The molecule has 154 valence electrons. The molecule has 1 amide bonds. The highest BCUT2D eigenvalue weighted by atomic mass is 35.5. The molecule has 2 heterocycles. The number of pyridine rings is 1. The lowest BCUT2D eigenvalue weighted by atomic mass is 9.90. The van der Waals surface area contributed by atoms with E-state index >= 15 is 0 Å². The van der Waals surface area contributed by atoms with Crippen LogP contribution in [-0.2, 0) is 4.79 Å². The third-order valence-corrected chi connectivity index (χ3v) is 4.25. The number of piperidine rings is 1. The zero-order valence-corrected chi connectivity index (χ0v) is 16.2. The van der Waals surface area contributed by atoms with Crippen molar-refractivity contribution >= 4 is 18.3 Å². The lowest BCUT2D eigenvalue weighted by molar-refractivity contribution is -0.275. The maximum Gasteiger partial charge on any atom is 0.573 e. The van der Waals surface area contributed by atoms with E-state index in [9.17, 15) is 18.0 Å². The number of hydrogen-bond donors (Lipinski definition) is 2. The van der Waals surface area contributed by atoms with Gasteiger partial charge < -0.3 is 20.1 Å². The summed E-state index contributed by atoms with van der Waals surface area (Å²) < 4.78 is 46.6. The predicted molar refractivity (Wildman–Crippen MR) is 96.0 cm³/mol. The molecule has 0 saturated carbocycles. The highest BCUT2D eigenvalue weighted by Crippen LogP contribution is 2.31. The molecule has 2 atom stereocenters. The quantitative estimate of drug-likeness (QED) is 0.753. The van der Waals surface area contributed by atoms with Crippen LogP contribution in [0.4, 0.5) is 13.2 Å². The van der Waals surface area contributed by atoms with Crippen molar-refractivity contribution in [2.75, 3.05) is 19.7 Å². The van der Waals surface area contributed by atoms with Crippen LogP contribution in [0.1, 0.15) is 27.2 Å². The highest BCUT2D eigenvalue weighted by molar-refractivity contribution is 5.85. The summed E-state index contributed by atoms with van der Waals surface area (Å²) in [7, 11) is 0. The SMILES string of the molecule is C[C@@H]1CNCC[C@H]1NC(=O)C(C)(C)COc1ncccc1OC(F)(F)F.Cl. The van der Waals surface area contributed by atoms with Crippen molar-refractivity contribution in [2.24, 2.45) is 11.3 Å². The Morgan fingerprint density at radius 1 is 1.41 bits per heavy atom. The summed E-state index contributed by atoms with van der Waals surface area (Å²) in [6.07, 6.45) is -2.73. The van der Waals surface area contributed by atoms with E-state index in [1.54, 1.807) is 13.8 Å². The normalized spacial score (nSPS) is 20.4. The molecule has 1 aliphatic heterocycles. The predicted octanol–water partition coefficient (Wildman–Crippen LogP) is 2.92. The average Bonchev–Trinajstić information content (AvgIpc) is 2.54. The minimum Gasteiger partial charge on any atom is -0.474 e. The maximum atomic E-state index is 12.6. The van der Waals surface area contributed by atoms with Crippen LogP contribution in [0.25, 0.3) is 0 Å². The van der Waals surface area contributed by atoms with Gasteiger partial charge in [-0.3, -0.25) is 4.79 Å². The molecule has 10 heteroatoms. The molecular formula is C17H25ClF3N3O3. The fourth-order valence-electron chi connectivity index (χ4n) is 2.59. The molecule has 1 fully saturated rings. The van der Waals surface area contributed by atoms with E-state index in [-0.39, 0.29) is 36.8 Å². The largest absolute Gasteiger partial charge is 0.573 e. The summed E-state index contributed by atoms with van der Waals surface area (Å²) in [5, 5.41) is 6.27. The van der Waals surface area contributed by atoms with Crippen molar-refractivity contribution < 1.29 is 27.4 Å². The van der Waals surface area contributed by atoms with Gasteiger partial charge in [0.2, 0.25) is 5.91 Å². The first kappa shape index (κ1) is 23.3. The van der Waals surface area contributed by atoms with E-state index < -0.39 is 17.5 Å². The Hall–Kier alpha value is -1.74. The lowest BCUT2D eigenvalue weighted by Crippen LogP contribution is -2.52.